The van der Waals surface area contributed by atoms with E-state index in [1.54, 1.807) is 13.0 Å². The highest BCUT2D eigenvalue weighted by Crippen LogP contribution is 2.37. The molecule has 0 saturated carbocycles. The largest absolute Gasteiger partial charge is 0.507 e. The van der Waals surface area contributed by atoms with Gasteiger partial charge in [0.15, 0.2) is 5.78 Å². The lowest BCUT2D eigenvalue weighted by Gasteiger charge is -2.16. The smallest absolute Gasteiger partial charge is 0.193 e. The monoisotopic (exact) mass is 310 g/mol. The van der Waals surface area contributed by atoms with Crippen molar-refractivity contribution in [2.45, 2.75) is 27.7 Å². The molecular weight excluding hydrogens is 288 g/mol. The first-order chi connectivity index (χ1) is 10.9. The van der Waals surface area contributed by atoms with Crippen molar-refractivity contribution < 1.29 is 14.6 Å². The van der Waals surface area contributed by atoms with E-state index in [2.05, 4.69) is 0 Å². The van der Waals surface area contributed by atoms with Crippen LogP contribution >= 0.6 is 0 Å². The van der Waals surface area contributed by atoms with Gasteiger partial charge in [0.25, 0.3) is 0 Å². The molecule has 0 aromatic heterocycles. The lowest BCUT2D eigenvalue weighted by molar-refractivity contribution is 0.104. The first-order valence-electron chi connectivity index (χ1n) is 7.53. The molecule has 0 amide bonds. The number of hydrogen-bond donors (Lipinski definition) is 1. The van der Waals surface area contributed by atoms with Gasteiger partial charge in [-0.2, -0.15) is 0 Å². The first kappa shape index (κ1) is 16.8. The summed E-state index contributed by atoms with van der Waals surface area (Å²) in [7, 11) is 1.51. The maximum atomic E-state index is 12.6. The molecule has 120 valence electrons. The summed E-state index contributed by atoms with van der Waals surface area (Å²) >= 11 is 0. The van der Waals surface area contributed by atoms with Gasteiger partial charge in [-0.05, 0) is 61.6 Å². The molecule has 0 radical (unpaired) electrons. The molecule has 2 aromatic carbocycles. The van der Waals surface area contributed by atoms with Crippen LogP contribution in [-0.4, -0.2) is 18.0 Å². The van der Waals surface area contributed by atoms with E-state index in [0.29, 0.717) is 11.3 Å². The highest BCUT2D eigenvalue weighted by molar-refractivity contribution is 6.11. The van der Waals surface area contributed by atoms with Crippen LogP contribution in [-0.2, 0) is 0 Å². The van der Waals surface area contributed by atoms with E-state index in [0.717, 1.165) is 22.3 Å². The second kappa shape index (κ2) is 6.69. The molecule has 2 aromatic rings. The molecular formula is C20H22O3. The Balaban J connectivity index is 2.50. The molecule has 0 saturated heterocycles. The minimum Gasteiger partial charge on any atom is -0.507 e. The number of benzene rings is 2. The van der Waals surface area contributed by atoms with Gasteiger partial charge in [-0.3, -0.25) is 4.79 Å². The SMILES string of the molecule is COc1c(C)c(C)c(C)c(O)c1C(=O)/C=C/c1ccccc1C. The molecule has 0 bridgehead atoms. The number of allylic oxidation sites excluding steroid dienone is 1. The second-order valence-corrected chi connectivity index (χ2v) is 5.69. The van der Waals surface area contributed by atoms with E-state index >= 15 is 0 Å². The molecule has 0 unspecified atom stereocenters. The molecule has 0 atom stereocenters. The lowest BCUT2D eigenvalue weighted by Crippen LogP contribution is -2.05. The Morgan fingerprint density at radius 1 is 1.04 bits per heavy atom. The fourth-order valence-corrected chi connectivity index (χ4v) is 2.62. The summed E-state index contributed by atoms with van der Waals surface area (Å²) < 4.78 is 5.37. The second-order valence-electron chi connectivity index (χ2n) is 5.69. The fourth-order valence-electron chi connectivity index (χ4n) is 2.62. The quantitative estimate of drug-likeness (QED) is 0.666. The van der Waals surface area contributed by atoms with Gasteiger partial charge in [0, 0.05) is 0 Å². The van der Waals surface area contributed by atoms with E-state index in [1.807, 2.05) is 45.0 Å². The standard InChI is InChI=1S/C20H22O3/c1-12-8-6-7-9-16(12)10-11-17(21)18-19(22)14(3)13(2)15(4)20(18)23-5/h6-11,22H,1-5H3/b11-10+. The van der Waals surface area contributed by atoms with Crippen molar-refractivity contribution in [3.63, 3.8) is 0 Å². The number of aryl methyl sites for hydroxylation is 1. The van der Waals surface area contributed by atoms with Gasteiger partial charge in [-0.1, -0.05) is 30.3 Å². The average Bonchev–Trinajstić information content (AvgIpc) is 2.55. The van der Waals surface area contributed by atoms with Crippen molar-refractivity contribution >= 4 is 11.9 Å². The zero-order chi connectivity index (χ0) is 17.1. The highest BCUT2D eigenvalue weighted by atomic mass is 16.5. The molecule has 0 aliphatic carbocycles. The minimum absolute atomic E-state index is 0.00983. The van der Waals surface area contributed by atoms with Gasteiger partial charge in [-0.25, -0.2) is 0 Å². The van der Waals surface area contributed by atoms with Crippen LogP contribution in [0.3, 0.4) is 0 Å². The summed E-state index contributed by atoms with van der Waals surface area (Å²) in [5, 5.41) is 10.4. The fraction of sp³-hybridized carbons (Fsp3) is 0.250. The Morgan fingerprint density at radius 3 is 2.30 bits per heavy atom. The number of hydrogen-bond acceptors (Lipinski definition) is 3. The van der Waals surface area contributed by atoms with Crippen molar-refractivity contribution in [1.29, 1.82) is 0 Å². The van der Waals surface area contributed by atoms with Gasteiger partial charge >= 0.3 is 0 Å². The number of ether oxygens (including phenoxy) is 1. The molecule has 23 heavy (non-hydrogen) atoms. The van der Waals surface area contributed by atoms with Gasteiger partial charge in [0.1, 0.15) is 17.1 Å². The van der Waals surface area contributed by atoms with Gasteiger partial charge < -0.3 is 9.84 Å². The van der Waals surface area contributed by atoms with Gasteiger partial charge in [0.2, 0.25) is 0 Å². The Hall–Kier alpha value is -2.55. The van der Waals surface area contributed by atoms with Crippen LogP contribution in [0, 0.1) is 27.7 Å². The molecule has 3 heteroatoms. The number of aromatic hydroxyl groups is 1. The maximum Gasteiger partial charge on any atom is 0.193 e. The van der Waals surface area contributed by atoms with Crippen LogP contribution < -0.4 is 4.74 Å². The molecule has 2 rings (SSSR count). The van der Waals surface area contributed by atoms with E-state index in [9.17, 15) is 9.90 Å². The molecule has 0 spiro atoms. The van der Waals surface area contributed by atoms with Crippen LogP contribution in [0.15, 0.2) is 30.3 Å². The molecule has 0 heterocycles. The van der Waals surface area contributed by atoms with Crippen molar-refractivity contribution in [2.24, 2.45) is 0 Å². The van der Waals surface area contributed by atoms with Gasteiger partial charge in [-0.15, -0.1) is 0 Å². The van der Waals surface area contributed by atoms with E-state index < -0.39 is 0 Å². The van der Waals surface area contributed by atoms with Crippen molar-refractivity contribution in [3.8, 4) is 11.5 Å². The van der Waals surface area contributed by atoms with Crippen LogP contribution in [0.1, 0.15) is 38.2 Å². The third-order valence-electron chi connectivity index (χ3n) is 4.34. The number of carbonyl (C=O) groups is 1. The summed E-state index contributed by atoms with van der Waals surface area (Å²) in [4.78, 5) is 12.6. The zero-order valence-corrected chi connectivity index (χ0v) is 14.2. The zero-order valence-electron chi connectivity index (χ0n) is 14.2. The lowest BCUT2D eigenvalue weighted by atomic mass is 9.94. The van der Waals surface area contributed by atoms with Crippen LogP contribution in [0.5, 0.6) is 11.5 Å². The van der Waals surface area contributed by atoms with Crippen LogP contribution in [0.25, 0.3) is 6.08 Å². The van der Waals surface area contributed by atoms with E-state index in [-0.39, 0.29) is 17.1 Å². The summed E-state index contributed by atoms with van der Waals surface area (Å²) in [5.41, 5.74) is 4.78. The number of methoxy groups -OCH3 is 1. The number of phenols is 1. The Kier molecular flexibility index (Phi) is 4.89. The predicted molar refractivity (Wildman–Crippen MR) is 93.4 cm³/mol. The molecule has 0 fully saturated rings. The number of phenolic OH excluding ortho intramolecular Hbond substituents is 1. The van der Waals surface area contributed by atoms with E-state index in [1.165, 1.54) is 13.2 Å². The van der Waals surface area contributed by atoms with Crippen LogP contribution in [0.4, 0.5) is 0 Å². The summed E-state index contributed by atoms with van der Waals surface area (Å²) in [6.07, 6.45) is 3.25. The van der Waals surface area contributed by atoms with Crippen molar-refractivity contribution in [1.82, 2.24) is 0 Å². The Labute approximate surface area is 137 Å². The van der Waals surface area contributed by atoms with E-state index in [4.69, 9.17) is 4.74 Å². The number of ketones is 1. The summed E-state index contributed by atoms with van der Waals surface area (Å²) in [6, 6.07) is 7.82. The van der Waals surface area contributed by atoms with Gasteiger partial charge in [0.05, 0.1) is 7.11 Å². The maximum absolute atomic E-state index is 12.6. The summed E-state index contributed by atoms with van der Waals surface area (Å²) in [5.74, 6) is 0.156. The first-order valence-corrected chi connectivity index (χ1v) is 7.53. The summed E-state index contributed by atoms with van der Waals surface area (Å²) in [6.45, 7) is 7.59. The third kappa shape index (κ3) is 3.14. The number of rotatable bonds is 4. The molecule has 1 N–H and O–H groups in total. The average molecular weight is 310 g/mol. The highest BCUT2D eigenvalue weighted by Gasteiger charge is 2.22. The normalized spacial score (nSPS) is 11.0. The molecule has 0 aliphatic rings. The van der Waals surface area contributed by atoms with Crippen molar-refractivity contribution in [2.75, 3.05) is 7.11 Å². The predicted octanol–water partition coefficient (Wildman–Crippen LogP) is 4.53. The third-order valence-corrected chi connectivity index (χ3v) is 4.34. The number of carbonyl (C=O) groups excluding carboxylic acids is 1. The Morgan fingerprint density at radius 2 is 1.70 bits per heavy atom. The van der Waals surface area contributed by atoms with Crippen LogP contribution in [0.2, 0.25) is 0 Å². The minimum atomic E-state index is -0.270. The topological polar surface area (TPSA) is 46.5 Å². The molecule has 0 aliphatic heterocycles. The Bertz CT molecular complexity index is 786. The van der Waals surface area contributed by atoms with Crippen molar-refractivity contribution in [3.05, 3.63) is 63.7 Å². The molecule has 3 nitrogen and oxygen atoms in total.